The van der Waals surface area contributed by atoms with E-state index in [1.807, 2.05) is 0 Å². The van der Waals surface area contributed by atoms with Gasteiger partial charge in [-0.25, -0.2) is 0 Å². The lowest BCUT2D eigenvalue weighted by Gasteiger charge is -2.49. The van der Waals surface area contributed by atoms with Crippen LogP contribution in [0.3, 0.4) is 0 Å². The minimum atomic E-state index is 0.232. The van der Waals surface area contributed by atoms with E-state index in [1.165, 1.54) is 13.0 Å². The summed E-state index contributed by atoms with van der Waals surface area (Å²) in [6.45, 7) is 19.3. The average Bonchev–Trinajstić information content (AvgIpc) is 2.15. The van der Waals surface area contributed by atoms with E-state index in [9.17, 15) is 0 Å². The van der Waals surface area contributed by atoms with Crippen molar-refractivity contribution in [3.05, 3.63) is 0 Å². The second kappa shape index (κ2) is 5.27. The third kappa shape index (κ3) is 3.96. The van der Waals surface area contributed by atoms with Crippen LogP contribution >= 0.6 is 0 Å². The van der Waals surface area contributed by atoms with Gasteiger partial charge >= 0.3 is 0 Å². The molecule has 102 valence electrons. The summed E-state index contributed by atoms with van der Waals surface area (Å²) in [7, 11) is 0. The number of rotatable bonds is 2. The molecule has 1 fully saturated rings. The molecule has 0 spiro atoms. The van der Waals surface area contributed by atoms with Gasteiger partial charge in [-0.1, -0.05) is 48.5 Å². The molecule has 0 radical (unpaired) electrons. The Morgan fingerprint density at radius 2 is 1.65 bits per heavy atom. The lowest BCUT2D eigenvalue weighted by Crippen LogP contribution is -2.54. The van der Waals surface area contributed by atoms with E-state index in [1.54, 1.807) is 0 Å². The van der Waals surface area contributed by atoms with Gasteiger partial charge < -0.3 is 4.74 Å². The molecule has 1 aliphatic rings. The summed E-state index contributed by atoms with van der Waals surface area (Å²) in [5.74, 6) is 0.614. The predicted molar refractivity (Wildman–Crippen MR) is 74.0 cm³/mol. The van der Waals surface area contributed by atoms with Gasteiger partial charge in [0.05, 0.1) is 12.8 Å². The first-order chi connectivity index (χ1) is 7.66. The van der Waals surface area contributed by atoms with E-state index >= 15 is 0 Å². The van der Waals surface area contributed by atoms with Gasteiger partial charge in [-0.05, 0) is 17.3 Å². The van der Waals surface area contributed by atoms with E-state index in [2.05, 4.69) is 53.4 Å². The molecule has 1 saturated heterocycles. The Morgan fingerprint density at radius 3 is 2.06 bits per heavy atom. The number of hydrogen-bond donors (Lipinski definition) is 0. The van der Waals surface area contributed by atoms with Gasteiger partial charge in [-0.15, -0.1) is 0 Å². The molecular formula is C15H31NO. The van der Waals surface area contributed by atoms with E-state index in [0.29, 0.717) is 17.4 Å². The highest BCUT2D eigenvalue weighted by molar-refractivity contribution is 4.91. The van der Waals surface area contributed by atoms with E-state index < -0.39 is 0 Å². The third-order valence-corrected chi connectivity index (χ3v) is 3.76. The molecule has 2 unspecified atom stereocenters. The summed E-state index contributed by atoms with van der Waals surface area (Å²) >= 11 is 0. The molecular weight excluding hydrogens is 210 g/mol. The van der Waals surface area contributed by atoms with Crippen LogP contribution in [0.25, 0.3) is 0 Å². The van der Waals surface area contributed by atoms with E-state index in [0.717, 1.165) is 13.3 Å². The quantitative estimate of drug-likeness (QED) is 0.730. The fourth-order valence-electron chi connectivity index (χ4n) is 2.78. The molecule has 0 saturated carbocycles. The van der Waals surface area contributed by atoms with Crippen molar-refractivity contribution < 1.29 is 4.74 Å². The van der Waals surface area contributed by atoms with Crippen LogP contribution in [0.1, 0.15) is 54.9 Å². The van der Waals surface area contributed by atoms with Crippen molar-refractivity contribution in [3.8, 4) is 0 Å². The molecule has 0 N–H and O–H groups in total. The van der Waals surface area contributed by atoms with Crippen LogP contribution in [-0.4, -0.2) is 30.8 Å². The second-order valence-electron chi connectivity index (χ2n) is 7.63. The number of nitrogens with zero attached hydrogens (tertiary/aromatic N) is 1. The zero-order valence-electron chi connectivity index (χ0n) is 12.8. The van der Waals surface area contributed by atoms with Crippen LogP contribution in [0, 0.1) is 16.7 Å². The summed E-state index contributed by atoms with van der Waals surface area (Å²) in [5, 5.41) is 0. The molecule has 1 rings (SSSR count). The van der Waals surface area contributed by atoms with Crippen molar-refractivity contribution in [2.75, 3.05) is 19.8 Å². The summed E-state index contributed by atoms with van der Waals surface area (Å²) in [5.41, 5.74) is 0.542. The molecule has 2 nitrogen and oxygen atoms in total. The van der Waals surface area contributed by atoms with Crippen LogP contribution in [0.5, 0.6) is 0 Å². The monoisotopic (exact) mass is 241 g/mol. The Bertz CT molecular complexity index is 236. The zero-order valence-corrected chi connectivity index (χ0v) is 12.8. The first-order valence-corrected chi connectivity index (χ1v) is 7.00. The molecule has 2 heteroatoms. The molecule has 17 heavy (non-hydrogen) atoms. The van der Waals surface area contributed by atoms with Gasteiger partial charge in [0.15, 0.2) is 0 Å². The van der Waals surface area contributed by atoms with E-state index in [-0.39, 0.29) is 5.41 Å². The van der Waals surface area contributed by atoms with Crippen molar-refractivity contribution in [1.82, 2.24) is 4.90 Å². The molecule has 0 aliphatic carbocycles. The van der Waals surface area contributed by atoms with Crippen molar-refractivity contribution in [2.45, 2.75) is 61.0 Å². The number of hydrogen-bond acceptors (Lipinski definition) is 2. The average molecular weight is 241 g/mol. The van der Waals surface area contributed by atoms with Gasteiger partial charge in [0, 0.05) is 19.0 Å². The Morgan fingerprint density at radius 1 is 1.06 bits per heavy atom. The van der Waals surface area contributed by atoms with Gasteiger partial charge in [0.2, 0.25) is 0 Å². The van der Waals surface area contributed by atoms with E-state index in [4.69, 9.17) is 4.74 Å². The Hall–Kier alpha value is -0.0800. The van der Waals surface area contributed by atoms with Crippen molar-refractivity contribution >= 4 is 0 Å². The summed E-state index contributed by atoms with van der Waals surface area (Å²) < 4.78 is 6.17. The van der Waals surface area contributed by atoms with Crippen molar-refractivity contribution in [2.24, 2.45) is 16.7 Å². The molecule has 0 aromatic heterocycles. The predicted octanol–water partition coefficient (Wildman–Crippen LogP) is 3.76. The van der Waals surface area contributed by atoms with Gasteiger partial charge in [0.25, 0.3) is 0 Å². The number of ether oxygens (including phenoxy) is 1. The molecule has 2 atom stereocenters. The minimum absolute atomic E-state index is 0.232. The van der Waals surface area contributed by atoms with Gasteiger partial charge in [-0.2, -0.15) is 0 Å². The lowest BCUT2D eigenvalue weighted by atomic mass is 9.69. The highest BCUT2D eigenvalue weighted by Gasteiger charge is 2.43. The molecule has 0 amide bonds. The SMILES string of the molecule is CCCN1COC(C(C)(C)C)C(C(C)(C)C)C1. The third-order valence-electron chi connectivity index (χ3n) is 3.76. The van der Waals surface area contributed by atoms with Crippen molar-refractivity contribution in [3.63, 3.8) is 0 Å². The zero-order chi connectivity index (χ0) is 13.3. The molecule has 0 bridgehead atoms. The summed E-state index contributed by atoms with van der Waals surface area (Å²) in [6, 6.07) is 0. The van der Waals surface area contributed by atoms with Gasteiger partial charge in [0.1, 0.15) is 0 Å². The van der Waals surface area contributed by atoms with Gasteiger partial charge in [-0.3, -0.25) is 4.90 Å². The molecule has 0 aromatic carbocycles. The molecule has 0 aromatic rings. The second-order valence-corrected chi connectivity index (χ2v) is 7.63. The summed E-state index contributed by atoms with van der Waals surface area (Å²) in [4.78, 5) is 2.46. The topological polar surface area (TPSA) is 12.5 Å². The Balaban J connectivity index is 2.80. The fraction of sp³-hybridized carbons (Fsp3) is 1.00. The van der Waals surface area contributed by atoms with Crippen molar-refractivity contribution in [1.29, 1.82) is 0 Å². The highest BCUT2D eigenvalue weighted by Crippen LogP contribution is 2.40. The standard InChI is InChI=1S/C15H31NO/c1-8-9-16-10-12(14(2,3)4)13(17-11-16)15(5,6)7/h12-13H,8-11H2,1-7H3. The summed E-state index contributed by atoms with van der Waals surface area (Å²) in [6.07, 6.45) is 1.58. The van der Waals surface area contributed by atoms with Crippen LogP contribution in [0.2, 0.25) is 0 Å². The minimum Gasteiger partial charge on any atom is -0.362 e. The molecule has 1 heterocycles. The lowest BCUT2D eigenvalue weighted by molar-refractivity contribution is -0.166. The highest BCUT2D eigenvalue weighted by atomic mass is 16.5. The fourth-order valence-corrected chi connectivity index (χ4v) is 2.78. The maximum Gasteiger partial charge on any atom is 0.0994 e. The maximum atomic E-state index is 6.17. The Kier molecular flexibility index (Phi) is 4.65. The molecule has 1 aliphatic heterocycles. The first-order valence-electron chi connectivity index (χ1n) is 7.00. The first kappa shape index (κ1) is 15.0. The van der Waals surface area contributed by atoms with Crippen LogP contribution < -0.4 is 0 Å². The normalized spacial score (nSPS) is 28.4. The Labute approximate surface area is 108 Å². The maximum absolute atomic E-state index is 6.17. The largest absolute Gasteiger partial charge is 0.362 e. The van der Waals surface area contributed by atoms with Crippen LogP contribution in [-0.2, 0) is 4.74 Å². The van der Waals surface area contributed by atoms with Crippen LogP contribution in [0.15, 0.2) is 0 Å². The smallest absolute Gasteiger partial charge is 0.0994 e. The van der Waals surface area contributed by atoms with Crippen LogP contribution in [0.4, 0.5) is 0 Å².